The number of nitrogens with zero attached hydrogens (tertiary/aromatic N) is 3. The van der Waals surface area contributed by atoms with Crippen LogP contribution in [0.2, 0.25) is 0 Å². The summed E-state index contributed by atoms with van der Waals surface area (Å²) in [5, 5.41) is 3.16. The Balaban J connectivity index is 1.23. The molecule has 0 radical (unpaired) electrons. The minimum absolute atomic E-state index is 0.0761. The van der Waals surface area contributed by atoms with E-state index in [9.17, 15) is 4.79 Å². The molecular weight excluding hydrogens is 560 g/mol. The molecule has 232 valence electrons. The number of amides is 1. The molecule has 1 amide bonds. The van der Waals surface area contributed by atoms with Gasteiger partial charge in [-0.15, -0.1) is 0 Å². The number of nitrogens with one attached hydrogen (secondary N) is 1. The molecule has 0 bridgehead atoms. The Morgan fingerprint density at radius 1 is 1.02 bits per heavy atom. The van der Waals surface area contributed by atoms with Crippen LogP contribution in [0.4, 0.5) is 11.4 Å². The molecule has 1 N–H and O–H groups in total. The largest absolute Gasteiger partial charge is 0.493 e. The molecule has 1 saturated heterocycles. The maximum absolute atomic E-state index is 13.7. The van der Waals surface area contributed by atoms with Gasteiger partial charge in [-0.25, -0.2) is 0 Å². The van der Waals surface area contributed by atoms with Gasteiger partial charge in [0, 0.05) is 61.1 Å². The van der Waals surface area contributed by atoms with Gasteiger partial charge in [-0.05, 0) is 98.5 Å². The van der Waals surface area contributed by atoms with Gasteiger partial charge in [-0.1, -0.05) is 42.5 Å². The van der Waals surface area contributed by atoms with Gasteiger partial charge >= 0.3 is 0 Å². The SMILES string of the molecule is CCOc1ccccc1-c1ccc2c(c1)C=C(C(=O)Nc1ccc(CN(C)C3CCOCC3)cc1)CCN2Cc1ccccn1. The number of carbonyl (C=O) groups is 1. The van der Waals surface area contributed by atoms with Crippen LogP contribution in [0.15, 0.2) is 96.7 Å². The number of hydrogen-bond acceptors (Lipinski definition) is 6. The average molecular weight is 603 g/mol. The van der Waals surface area contributed by atoms with Gasteiger partial charge in [0.1, 0.15) is 5.75 Å². The number of pyridine rings is 1. The van der Waals surface area contributed by atoms with E-state index in [1.807, 2.05) is 67.7 Å². The molecule has 7 nitrogen and oxygen atoms in total. The Morgan fingerprint density at radius 2 is 1.82 bits per heavy atom. The van der Waals surface area contributed by atoms with Crippen molar-refractivity contribution in [3.8, 4) is 16.9 Å². The molecule has 3 aromatic carbocycles. The molecule has 0 atom stereocenters. The number of hydrogen-bond donors (Lipinski definition) is 1. The molecule has 0 saturated carbocycles. The summed E-state index contributed by atoms with van der Waals surface area (Å²) in [6.45, 7) is 6.51. The third-order valence-corrected chi connectivity index (χ3v) is 8.68. The normalized spacial score (nSPS) is 15.3. The van der Waals surface area contributed by atoms with Crippen molar-refractivity contribution in [3.05, 3.63) is 114 Å². The molecule has 45 heavy (non-hydrogen) atoms. The first-order valence-corrected chi connectivity index (χ1v) is 16.0. The van der Waals surface area contributed by atoms with Crippen molar-refractivity contribution in [1.82, 2.24) is 9.88 Å². The van der Waals surface area contributed by atoms with Gasteiger partial charge in [-0.3, -0.25) is 14.7 Å². The zero-order chi connectivity index (χ0) is 31.0. The summed E-state index contributed by atoms with van der Waals surface area (Å²) < 4.78 is 11.5. The van der Waals surface area contributed by atoms with Crippen LogP contribution in [0.5, 0.6) is 5.75 Å². The van der Waals surface area contributed by atoms with Gasteiger partial charge in [0.25, 0.3) is 5.91 Å². The lowest BCUT2D eigenvalue weighted by molar-refractivity contribution is -0.112. The van der Waals surface area contributed by atoms with E-state index in [1.165, 1.54) is 5.56 Å². The number of carbonyl (C=O) groups excluding carboxylic acids is 1. The molecule has 1 fully saturated rings. The second kappa shape index (κ2) is 14.5. The highest BCUT2D eigenvalue weighted by Crippen LogP contribution is 2.36. The lowest BCUT2D eigenvalue weighted by Gasteiger charge is -2.31. The zero-order valence-corrected chi connectivity index (χ0v) is 26.2. The van der Waals surface area contributed by atoms with Gasteiger partial charge in [0.15, 0.2) is 0 Å². The van der Waals surface area contributed by atoms with E-state index in [-0.39, 0.29) is 5.91 Å². The summed E-state index contributed by atoms with van der Waals surface area (Å²) in [6.07, 6.45) is 6.64. The standard InChI is InChI=1S/C38H42N4O3/c1-3-45-37-10-5-4-9-35(37)29-13-16-36-31(24-29)25-30(17-21-42(36)27-33-8-6-7-20-39-33)38(43)40-32-14-11-28(12-15-32)26-41(2)34-18-22-44-23-19-34/h4-16,20,24-25,34H,3,17-19,21-23,26-27H2,1-2H3,(H,40,43). The van der Waals surface area contributed by atoms with Crippen LogP contribution in [0.25, 0.3) is 17.2 Å². The molecule has 2 aliphatic heterocycles. The van der Waals surface area contributed by atoms with Crippen LogP contribution in [0, 0.1) is 0 Å². The van der Waals surface area contributed by atoms with E-state index < -0.39 is 0 Å². The van der Waals surface area contributed by atoms with Gasteiger partial charge in [0.2, 0.25) is 0 Å². The highest BCUT2D eigenvalue weighted by atomic mass is 16.5. The van der Waals surface area contributed by atoms with Crippen molar-refractivity contribution in [3.63, 3.8) is 0 Å². The molecule has 1 aromatic heterocycles. The molecule has 2 aliphatic rings. The molecule has 3 heterocycles. The number of rotatable bonds is 10. The van der Waals surface area contributed by atoms with Crippen molar-refractivity contribution in [2.24, 2.45) is 0 Å². The first-order valence-electron chi connectivity index (χ1n) is 16.0. The first-order chi connectivity index (χ1) is 22.1. The van der Waals surface area contributed by atoms with Crippen molar-refractivity contribution in [2.75, 3.05) is 43.6 Å². The fourth-order valence-corrected chi connectivity index (χ4v) is 6.23. The van der Waals surface area contributed by atoms with Crippen molar-refractivity contribution in [1.29, 1.82) is 0 Å². The fraction of sp³-hybridized carbons (Fsp3) is 0.316. The van der Waals surface area contributed by atoms with Crippen LogP contribution < -0.4 is 15.0 Å². The summed E-state index contributed by atoms with van der Waals surface area (Å²) in [5.74, 6) is 0.774. The Kier molecular flexibility index (Phi) is 9.88. The summed E-state index contributed by atoms with van der Waals surface area (Å²) in [4.78, 5) is 23.0. The second-order valence-electron chi connectivity index (χ2n) is 11.8. The molecule has 4 aromatic rings. The predicted octanol–water partition coefficient (Wildman–Crippen LogP) is 7.19. The lowest BCUT2D eigenvalue weighted by Crippen LogP contribution is -2.36. The smallest absolute Gasteiger partial charge is 0.251 e. The second-order valence-corrected chi connectivity index (χ2v) is 11.8. The van der Waals surface area contributed by atoms with E-state index in [4.69, 9.17) is 9.47 Å². The minimum Gasteiger partial charge on any atom is -0.493 e. The van der Waals surface area contributed by atoms with Crippen LogP contribution in [-0.2, 0) is 22.6 Å². The number of fused-ring (bicyclic) bond motifs is 1. The third-order valence-electron chi connectivity index (χ3n) is 8.68. The number of ether oxygens (including phenoxy) is 2. The summed E-state index contributed by atoms with van der Waals surface area (Å²) in [5.41, 5.74) is 7.94. The number of aromatic nitrogens is 1. The third kappa shape index (κ3) is 7.62. The summed E-state index contributed by atoms with van der Waals surface area (Å²) in [6, 6.07) is 29.3. The van der Waals surface area contributed by atoms with Crippen LogP contribution >= 0.6 is 0 Å². The highest BCUT2D eigenvalue weighted by molar-refractivity contribution is 6.07. The van der Waals surface area contributed by atoms with Gasteiger partial charge < -0.3 is 19.7 Å². The van der Waals surface area contributed by atoms with Crippen LogP contribution in [0.3, 0.4) is 0 Å². The van der Waals surface area contributed by atoms with E-state index >= 15 is 0 Å². The molecule has 0 aliphatic carbocycles. The maximum atomic E-state index is 13.7. The maximum Gasteiger partial charge on any atom is 0.251 e. The van der Waals surface area contributed by atoms with Crippen molar-refractivity contribution >= 4 is 23.4 Å². The van der Waals surface area contributed by atoms with E-state index in [0.29, 0.717) is 32.2 Å². The number of para-hydroxylation sites is 1. The highest BCUT2D eigenvalue weighted by Gasteiger charge is 2.22. The fourth-order valence-electron chi connectivity index (χ4n) is 6.23. The van der Waals surface area contributed by atoms with Gasteiger partial charge in [0.05, 0.1) is 18.8 Å². The topological polar surface area (TPSA) is 66.9 Å². The Morgan fingerprint density at radius 3 is 2.60 bits per heavy atom. The van der Waals surface area contributed by atoms with E-state index in [1.54, 1.807) is 0 Å². The quantitative estimate of drug-likeness (QED) is 0.207. The molecular formula is C38H42N4O3. The van der Waals surface area contributed by atoms with E-state index in [2.05, 4.69) is 63.5 Å². The molecule has 7 heteroatoms. The summed E-state index contributed by atoms with van der Waals surface area (Å²) >= 11 is 0. The number of benzene rings is 3. The van der Waals surface area contributed by atoms with Crippen LogP contribution in [0.1, 0.15) is 43.0 Å². The average Bonchev–Trinajstić information content (AvgIpc) is 3.26. The molecule has 6 rings (SSSR count). The van der Waals surface area contributed by atoms with Crippen molar-refractivity contribution < 1.29 is 14.3 Å². The zero-order valence-electron chi connectivity index (χ0n) is 26.2. The number of anilines is 2. The Labute approximate surface area is 266 Å². The molecule has 0 spiro atoms. The Bertz CT molecular complexity index is 1610. The summed E-state index contributed by atoms with van der Waals surface area (Å²) in [7, 11) is 2.18. The monoisotopic (exact) mass is 602 g/mol. The van der Waals surface area contributed by atoms with Crippen LogP contribution in [-0.4, -0.2) is 55.2 Å². The van der Waals surface area contributed by atoms with E-state index in [0.717, 1.165) is 77.7 Å². The lowest BCUT2D eigenvalue weighted by atomic mass is 9.99. The first kappa shape index (κ1) is 30.6. The van der Waals surface area contributed by atoms with Crippen molar-refractivity contribution in [2.45, 2.75) is 45.3 Å². The molecule has 0 unspecified atom stereocenters. The predicted molar refractivity (Wildman–Crippen MR) is 181 cm³/mol. The van der Waals surface area contributed by atoms with Gasteiger partial charge in [-0.2, -0.15) is 0 Å². The minimum atomic E-state index is -0.0761. The Hall–Kier alpha value is -4.46.